The Bertz CT molecular complexity index is 863. The van der Waals surface area contributed by atoms with Crippen LogP contribution in [-0.4, -0.2) is 21.0 Å². The summed E-state index contributed by atoms with van der Waals surface area (Å²) in [5.41, 5.74) is 3.26. The predicted molar refractivity (Wildman–Crippen MR) is 91.7 cm³/mol. The average molecular weight is 343 g/mol. The minimum Gasteiger partial charge on any atom is -0.358 e. The van der Waals surface area contributed by atoms with E-state index in [1.165, 1.54) is 0 Å². The Balaban J connectivity index is 1.62. The van der Waals surface area contributed by atoms with E-state index in [4.69, 9.17) is 4.84 Å². The Hall–Kier alpha value is -2.74. The number of hydroxylamine groups is 1. The second kappa shape index (κ2) is 6.40. The van der Waals surface area contributed by atoms with E-state index < -0.39 is 11.6 Å². The second-order valence-corrected chi connectivity index (χ2v) is 6.96. The van der Waals surface area contributed by atoms with Crippen LogP contribution in [0, 0.1) is 6.92 Å². The van der Waals surface area contributed by atoms with E-state index in [2.05, 4.69) is 25.7 Å². The molecule has 0 bridgehead atoms. The molecule has 3 aromatic rings. The Kier molecular flexibility index (Phi) is 4.30. The Morgan fingerprint density at radius 3 is 2.88 bits per heavy atom. The van der Waals surface area contributed by atoms with Crippen LogP contribution in [0.1, 0.15) is 24.5 Å². The molecule has 2 amide bonds. The normalized spacial score (nSPS) is 11.3. The number of aromatic nitrogens is 3. The summed E-state index contributed by atoms with van der Waals surface area (Å²) in [4.78, 5) is 30.0. The van der Waals surface area contributed by atoms with Gasteiger partial charge in [0, 0.05) is 12.3 Å². The highest BCUT2D eigenvalue weighted by molar-refractivity contribution is 7.18. The first-order valence-electron chi connectivity index (χ1n) is 7.34. The van der Waals surface area contributed by atoms with Crippen LogP contribution in [-0.2, 0) is 5.54 Å². The van der Waals surface area contributed by atoms with E-state index in [-0.39, 0.29) is 0 Å². The third kappa shape index (κ3) is 3.60. The van der Waals surface area contributed by atoms with E-state index in [0.29, 0.717) is 5.88 Å². The number of hydrogen-bond donors (Lipinski definition) is 2. The van der Waals surface area contributed by atoms with Crippen molar-refractivity contribution in [2.45, 2.75) is 26.3 Å². The molecule has 0 aliphatic carbocycles. The van der Waals surface area contributed by atoms with Gasteiger partial charge in [0.2, 0.25) is 5.88 Å². The third-order valence-electron chi connectivity index (χ3n) is 3.34. The molecule has 0 spiro atoms. The molecule has 0 fully saturated rings. The van der Waals surface area contributed by atoms with Gasteiger partial charge in [0.15, 0.2) is 0 Å². The zero-order valence-corrected chi connectivity index (χ0v) is 14.3. The van der Waals surface area contributed by atoms with Gasteiger partial charge in [0.1, 0.15) is 5.52 Å². The topological polar surface area (TPSA) is 89.0 Å². The Morgan fingerprint density at radius 2 is 2.12 bits per heavy atom. The van der Waals surface area contributed by atoms with Crippen molar-refractivity contribution in [2.75, 3.05) is 0 Å². The van der Waals surface area contributed by atoms with Crippen LogP contribution in [0.5, 0.6) is 5.88 Å². The fraction of sp³-hybridized carbons (Fsp3) is 0.250. The lowest BCUT2D eigenvalue weighted by molar-refractivity contribution is 0.165. The summed E-state index contributed by atoms with van der Waals surface area (Å²) in [6.45, 7) is 5.65. The number of urea groups is 1. The molecule has 0 aromatic carbocycles. The minimum atomic E-state index is -0.638. The highest BCUT2D eigenvalue weighted by atomic mass is 32.1. The molecule has 0 radical (unpaired) electrons. The largest absolute Gasteiger partial charge is 0.358 e. The van der Waals surface area contributed by atoms with Crippen LogP contribution in [0.15, 0.2) is 36.7 Å². The van der Waals surface area contributed by atoms with Crippen LogP contribution in [0.4, 0.5) is 4.79 Å². The number of carbonyl (C=O) groups is 1. The van der Waals surface area contributed by atoms with Gasteiger partial charge in [-0.25, -0.2) is 14.8 Å². The number of aryl methyl sites for hydroxylation is 1. The van der Waals surface area contributed by atoms with Crippen LogP contribution >= 0.6 is 11.3 Å². The number of fused-ring (bicyclic) bond motifs is 1. The van der Waals surface area contributed by atoms with Crippen molar-refractivity contribution in [3.05, 3.63) is 47.4 Å². The molecule has 124 valence electrons. The summed E-state index contributed by atoms with van der Waals surface area (Å²) in [7, 11) is 0. The monoisotopic (exact) mass is 343 g/mol. The van der Waals surface area contributed by atoms with Crippen molar-refractivity contribution < 1.29 is 9.63 Å². The molecule has 2 N–H and O–H groups in total. The quantitative estimate of drug-likeness (QED) is 0.711. The highest BCUT2D eigenvalue weighted by Gasteiger charge is 2.24. The molecular formula is C16H17N5O2S. The minimum absolute atomic E-state index is 0.303. The van der Waals surface area contributed by atoms with Gasteiger partial charge in [-0.1, -0.05) is 6.07 Å². The summed E-state index contributed by atoms with van der Waals surface area (Å²) >= 11 is 1.54. The summed E-state index contributed by atoms with van der Waals surface area (Å²) in [5.74, 6) is 0.303. The second-order valence-electron chi connectivity index (χ2n) is 5.72. The predicted octanol–water partition coefficient (Wildman–Crippen LogP) is 2.92. The first kappa shape index (κ1) is 16.1. The summed E-state index contributed by atoms with van der Waals surface area (Å²) in [6, 6.07) is 6.81. The van der Waals surface area contributed by atoms with Gasteiger partial charge in [-0.3, -0.25) is 4.98 Å². The molecule has 0 saturated heterocycles. The van der Waals surface area contributed by atoms with Gasteiger partial charge in [0.25, 0.3) is 0 Å². The van der Waals surface area contributed by atoms with Gasteiger partial charge >= 0.3 is 6.03 Å². The SMILES string of the molecule is Cc1nc2cnc(ONC(=O)NC(C)(C)c3ccccn3)cc2s1. The maximum absolute atomic E-state index is 12.1. The van der Waals surface area contributed by atoms with Crippen molar-refractivity contribution >= 4 is 27.6 Å². The lowest BCUT2D eigenvalue weighted by Gasteiger charge is -2.25. The van der Waals surface area contributed by atoms with Gasteiger partial charge < -0.3 is 10.2 Å². The number of carbonyl (C=O) groups excluding carboxylic acids is 1. The Labute approximate surface area is 143 Å². The maximum atomic E-state index is 12.1. The fourth-order valence-corrected chi connectivity index (χ4v) is 3.01. The molecule has 8 heteroatoms. The smallest absolute Gasteiger partial charge is 0.348 e. The average Bonchev–Trinajstić information content (AvgIpc) is 2.92. The number of thiazole rings is 1. The number of pyridine rings is 2. The maximum Gasteiger partial charge on any atom is 0.348 e. The van der Waals surface area contributed by atoms with E-state index >= 15 is 0 Å². The van der Waals surface area contributed by atoms with Crippen LogP contribution in [0.2, 0.25) is 0 Å². The molecule has 3 aromatic heterocycles. The lowest BCUT2D eigenvalue weighted by Crippen LogP contribution is -2.47. The van der Waals surface area contributed by atoms with Gasteiger partial charge in [-0.15, -0.1) is 11.3 Å². The number of nitrogens with one attached hydrogen (secondary N) is 2. The van der Waals surface area contributed by atoms with Crippen LogP contribution < -0.4 is 15.6 Å². The van der Waals surface area contributed by atoms with Crippen molar-refractivity contribution in [3.63, 3.8) is 0 Å². The molecule has 7 nitrogen and oxygen atoms in total. The molecule has 24 heavy (non-hydrogen) atoms. The van der Waals surface area contributed by atoms with Crippen molar-refractivity contribution in [1.82, 2.24) is 25.7 Å². The van der Waals surface area contributed by atoms with Crippen molar-refractivity contribution in [1.29, 1.82) is 0 Å². The van der Waals surface area contributed by atoms with Crippen LogP contribution in [0.3, 0.4) is 0 Å². The molecule has 0 unspecified atom stereocenters. The molecule has 0 aliphatic heterocycles. The van der Waals surface area contributed by atoms with Crippen molar-refractivity contribution in [3.8, 4) is 5.88 Å². The third-order valence-corrected chi connectivity index (χ3v) is 4.27. The molecule has 0 atom stereocenters. The molecule has 0 aliphatic rings. The first-order valence-corrected chi connectivity index (χ1v) is 8.15. The zero-order chi connectivity index (χ0) is 17.2. The van der Waals surface area contributed by atoms with Crippen molar-refractivity contribution in [2.24, 2.45) is 0 Å². The molecule has 0 saturated carbocycles. The standard InChI is InChI=1S/C16H17N5O2S/c1-10-19-11-9-18-14(8-12(11)24-10)23-21-15(22)20-16(2,3)13-6-4-5-7-17-13/h4-9H,1-3H3,(H2,20,21,22). The summed E-state index contributed by atoms with van der Waals surface area (Å²) in [5, 5.41) is 3.76. The van der Waals surface area contributed by atoms with E-state index in [9.17, 15) is 4.79 Å². The number of nitrogens with zero attached hydrogens (tertiary/aromatic N) is 3. The highest BCUT2D eigenvalue weighted by Crippen LogP contribution is 2.23. The van der Waals surface area contributed by atoms with E-state index in [1.54, 1.807) is 29.8 Å². The Morgan fingerprint density at radius 1 is 1.29 bits per heavy atom. The number of rotatable bonds is 4. The molecule has 3 heterocycles. The van der Waals surface area contributed by atoms with Gasteiger partial charge in [0.05, 0.1) is 27.1 Å². The van der Waals surface area contributed by atoms with E-state index in [0.717, 1.165) is 20.9 Å². The summed E-state index contributed by atoms with van der Waals surface area (Å²) < 4.78 is 0.952. The van der Waals surface area contributed by atoms with Gasteiger partial charge in [-0.05, 0) is 32.9 Å². The fourth-order valence-electron chi connectivity index (χ4n) is 2.19. The molecule has 3 rings (SSSR count). The first-order chi connectivity index (χ1) is 11.4. The van der Waals surface area contributed by atoms with E-state index in [1.807, 2.05) is 39.0 Å². The summed E-state index contributed by atoms with van der Waals surface area (Å²) in [6.07, 6.45) is 3.30. The van der Waals surface area contributed by atoms with Crippen LogP contribution in [0.25, 0.3) is 10.2 Å². The number of amides is 2. The molecular weight excluding hydrogens is 326 g/mol. The lowest BCUT2D eigenvalue weighted by atomic mass is 10.0. The van der Waals surface area contributed by atoms with Gasteiger partial charge in [-0.2, -0.15) is 5.48 Å². The number of hydrogen-bond acceptors (Lipinski definition) is 6. The zero-order valence-electron chi connectivity index (χ0n) is 13.5.